The lowest BCUT2D eigenvalue weighted by Crippen LogP contribution is -2.36. The van der Waals surface area contributed by atoms with Crippen molar-refractivity contribution in [1.82, 2.24) is 10.3 Å². The number of rotatable bonds is 3. The van der Waals surface area contributed by atoms with Gasteiger partial charge in [-0.25, -0.2) is 4.98 Å². The summed E-state index contributed by atoms with van der Waals surface area (Å²) in [4.78, 5) is 16.3. The SMILES string of the molecule is CNc1ccc(Cl)c(C(=O)NC2CCCCC2)n1. The van der Waals surface area contributed by atoms with Gasteiger partial charge in [0.2, 0.25) is 0 Å². The first-order valence-electron chi connectivity index (χ1n) is 6.36. The molecule has 0 unspecified atom stereocenters. The molecule has 1 aliphatic carbocycles. The Hall–Kier alpha value is -1.29. The molecule has 2 N–H and O–H groups in total. The number of anilines is 1. The maximum absolute atomic E-state index is 12.1. The van der Waals surface area contributed by atoms with Gasteiger partial charge in [0.15, 0.2) is 0 Å². The molecule has 1 aromatic heterocycles. The van der Waals surface area contributed by atoms with Gasteiger partial charge in [-0.2, -0.15) is 0 Å². The van der Waals surface area contributed by atoms with Crippen LogP contribution in [0.1, 0.15) is 42.6 Å². The molecule has 2 rings (SSSR count). The van der Waals surface area contributed by atoms with E-state index in [4.69, 9.17) is 11.6 Å². The van der Waals surface area contributed by atoms with E-state index >= 15 is 0 Å². The minimum absolute atomic E-state index is 0.177. The van der Waals surface area contributed by atoms with Crippen LogP contribution in [0, 0.1) is 0 Å². The monoisotopic (exact) mass is 267 g/mol. The summed E-state index contributed by atoms with van der Waals surface area (Å²) in [7, 11) is 1.76. The molecule has 1 aliphatic rings. The van der Waals surface area contributed by atoms with Crippen LogP contribution >= 0.6 is 11.6 Å². The van der Waals surface area contributed by atoms with Gasteiger partial charge in [0.1, 0.15) is 11.5 Å². The fourth-order valence-corrected chi connectivity index (χ4v) is 2.43. The molecule has 0 aliphatic heterocycles. The van der Waals surface area contributed by atoms with Crippen LogP contribution < -0.4 is 10.6 Å². The van der Waals surface area contributed by atoms with Crippen molar-refractivity contribution in [2.45, 2.75) is 38.1 Å². The second kappa shape index (κ2) is 6.05. The molecule has 0 bridgehead atoms. The Bertz CT molecular complexity index is 430. The van der Waals surface area contributed by atoms with Crippen molar-refractivity contribution in [3.63, 3.8) is 0 Å². The molecule has 0 radical (unpaired) electrons. The average Bonchev–Trinajstić information content (AvgIpc) is 2.40. The fourth-order valence-electron chi connectivity index (χ4n) is 2.24. The lowest BCUT2D eigenvalue weighted by molar-refractivity contribution is 0.0923. The minimum Gasteiger partial charge on any atom is -0.373 e. The number of amides is 1. The third-order valence-corrected chi connectivity index (χ3v) is 3.56. The van der Waals surface area contributed by atoms with Crippen LogP contribution in [0.15, 0.2) is 12.1 Å². The number of nitrogens with zero attached hydrogens (tertiary/aromatic N) is 1. The van der Waals surface area contributed by atoms with E-state index < -0.39 is 0 Å². The van der Waals surface area contributed by atoms with Crippen molar-refractivity contribution in [2.24, 2.45) is 0 Å². The number of nitrogens with one attached hydrogen (secondary N) is 2. The molecule has 0 spiro atoms. The van der Waals surface area contributed by atoms with E-state index in [1.165, 1.54) is 19.3 Å². The van der Waals surface area contributed by atoms with Gasteiger partial charge >= 0.3 is 0 Å². The van der Waals surface area contributed by atoms with Crippen LogP contribution in [-0.4, -0.2) is 24.0 Å². The molecule has 1 fully saturated rings. The Morgan fingerprint density at radius 2 is 2.06 bits per heavy atom. The lowest BCUT2D eigenvalue weighted by Gasteiger charge is -2.22. The zero-order valence-electron chi connectivity index (χ0n) is 10.5. The summed E-state index contributed by atoms with van der Waals surface area (Å²) in [5.41, 5.74) is 0.300. The van der Waals surface area contributed by atoms with Gasteiger partial charge in [-0.15, -0.1) is 0 Å². The summed E-state index contributed by atoms with van der Waals surface area (Å²) in [6, 6.07) is 3.71. The largest absolute Gasteiger partial charge is 0.373 e. The van der Waals surface area contributed by atoms with Crippen molar-refractivity contribution in [1.29, 1.82) is 0 Å². The van der Waals surface area contributed by atoms with Crippen molar-refractivity contribution >= 4 is 23.3 Å². The minimum atomic E-state index is -0.177. The summed E-state index contributed by atoms with van der Waals surface area (Å²) < 4.78 is 0. The quantitative estimate of drug-likeness (QED) is 0.885. The van der Waals surface area contributed by atoms with Crippen LogP contribution in [0.25, 0.3) is 0 Å². The van der Waals surface area contributed by atoms with Crippen LogP contribution in [0.2, 0.25) is 5.02 Å². The summed E-state index contributed by atoms with van der Waals surface area (Å²) in [5.74, 6) is 0.470. The maximum atomic E-state index is 12.1. The van der Waals surface area contributed by atoms with Crippen LogP contribution in [0.4, 0.5) is 5.82 Å². The number of halogens is 1. The highest BCUT2D eigenvalue weighted by atomic mass is 35.5. The molecule has 1 amide bonds. The van der Waals surface area contributed by atoms with Gasteiger partial charge in [-0.1, -0.05) is 30.9 Å². The lowest BCUT2D eigenvalue weighted by atomic mass is 9.95. The second-order valence-corrected chi connectivity index (χ2v) is 4.99. The van der Waals surface area contributed by atoms with Gasteiger partial charge < -0.3 is 10.6 Å². The van der Waals surface area contributed by atoms with Gasteiger partial charge in [0.25, 0.3) is 5.91 Å². The Morgan fingerprint density at radius 1 is 1.33 bits per heavy atom. The Morgan fingerprint density at radius 3 is 2.72 bits per heavy atom. The third-order valence-electron chi connectivity index (χ3n) is 3.26. The van der Waals surface area contributed by atoms with Gasteiger partial charge in [-0.3, -0.25) is 4.79 Å². The van der Waals surface area contributed by atoms with E-state index in [0.29, 0.717) is 16.5 Å². The summed E-state index contributed by atoms with van der Waals surface area (Å²) >= 11 is 6.01. The number of carbonyl (C=O) groups excluding carboxylic acids is 1. The van der Waals surface area contributed by atoms with Crippen molar-refractivity contribution in [3.8, 4) is 0 Å². The zero-order chi connectivity index (χ0) is 13.0. The molecular weight excluding hydrogens is 250 g/mol. The number of pyridine rings is 1. The first-order valence-corrected chi connectivity index (χ1v) is 6.73. The Kier molecular flexibility index (Phi) is 4.42. The second-order valence-electron chi connectivity index (χ2n) is 4.59. The smallest absolute Gasteiger partial charge is 0.271 e. The molecular formula is C13H18ClN3O. The average molecular weight is 268 g/mol. The maximum Gasteiger partial charge on any atom is 0.271 e. The van der Waals surface area contributed by atoms with E-state index in [-0.39, 0.29) is 11.9 Å². The number of aromatic nitrogens is 1. The van der Waals surface area contributed by atoms with Gasteiger partial charge in [0.05, 0.1) is 5.02 Å². The first kappa shape index (κ1) is 13.1. The van der Waals surface area contributed by atoms with E-state index in [1.807, 2.05) is 0 Å². The Labute approximate surface area is 112 Å². The summed E-state index contributed by atoms with van der Waals surface area (Å²) in [6.45, 7) is 0. The first-order chi connectivity index (χ1) is 8.70. The molecule has 4 nitrogen and oxygen atoms in total. The van der Waals surface area contributed by atoms with E-state index in [9.17, 15) is 4.79 Å². The molecule has 1 heterocycles. The van der Waals surface area contributed by atoms with Crippen LogP contribution in [-0.2, 0) is 0 Å². The molecule has 1 saturated carbocycles. The van der Waals surface area contributed by atoms with Gasteiger partial charge in [-0.05, 0) is 25.0 Å². The van der Waals surface area contributed by atoms with Gasteiger partial charge in [0, 0.05) is 13.1 Å². The molecule has 1 aromatic rings. The van der Waals surface area contributed by atoms with Crippen molar-refractivity contribution in [3.05, 3.63) is 22.8 Å². The number of carbonyl (C=O) groups is 1. The predicted molar refractivity (Wildman–Crippen MR) is 73.1 cm³/mol. The number of hydrogen-bond donors (Lipinski definition) is 2. The van der Waals surface area contributed by atoms with E-state index in [2.05, 4.69) is 15.6 Å². The van der Waals surface area contributed by atoms with Crippen LogP contribution in [0.5, 0.6) is 0 Å². The normalized spacial score (nSPS) is 16.3. The third kappa shape index (κ3) is 3.13. The zero-order valence-corrected chi connectivity index (χ0v) is 11.3. The van der Waals surface area contributed by atoms with Crippen molar-refractivity contribution in [2.75, 3.05) is 12.4 Å². The molecule has 98 valence electrons. The van der Waals surface area contributed by atoms with E-state index in [1.54, 1.807) is 19.2 Å². The molecule has 0 atom stereocenters. The Balaban J connectivity index is 2.07. The highest BCUT2D eigenvalue weighted by molar-refractivity contribution is 6.33. The standard InChI is InChI=1S/C13H18ClN3O/c1-15-11-8-7-10(14)12(17-11)13(18)16-9-5-3-2-4-6-9/h7-9H,2-6H2,1H3,(H,15,17)(H,16,18). The molecule has 0 saturated heterocycles. The fraction of sp³-hybridized carbons (Fsp3) is 0.538. The molecule has 5 heteroatoms. The molecule has 0 aromatic carbocycles. The highest BCUT2D eigenvalue weighted by Gasteiger charge is 2.19. The van der Waals surface area contributed by atoms with E-state index in [0.717, 1.165) is 12.8 Å². The topological polar surface area (TPSA) is 54.0 Å². The van der Waals surface area contributed by atoms with Crippen molar-refractivity contribution < 1.29 is 4.79 Å². The predicted octanol–water partition coefficient (Wildman–Crippen LogP) is 2.84. The van der Waals surface area contributed by atoms with Crippen LogP contribution in [0.3, 0.4) is 0 Å². The summed E-state index contributed by atoms with van der Waals surface area (Å²) in [6.07, 6.45) is 5.73. The highest BCUT2D eigenvalue weighted by Crippen LogP contribution is 2.20. The molecule has 18 heavy (non-hydrogen) atoms. The number of hydrogen-bond acceptors (Lipinski definition) is 3. The summed E-state index contributed by atoms with van der Waals surface area (Å²) in [5, 5.41) is 6.31.